The molecule has 2 aromatic rings. The molecule has 154 valence electrons. The predicted molar refractivity (Wildman–Crippen MR) is 108 cm³/mol. The number of benzene rings is 2. The molecule has 29 heavy (non-hydrogen) atoms. The Hall–Kier alpha value is -3.26. The van der Waals surface area contributed by atoms with Crippen molar-refractivity contribution in [1.82, 2.24) is 0 Å². The van der Waals surface area contributed by atoms with Crippen molar-refractivity contribution in [1.29, 1.82) is 0 Å². The van der Waals surface area contributed by atoms with Crippen molar-refractivity contribution in [3.05, 3.63) is 42.0 Å². The molecule has 1 atom stereocenters. The first-order chi connectivity index (χ1) is 14.0. The number of anilines is 2. The minimum atomic E-state index is -0.394. The highest BCUT2D eigenvalue weighted by Crippen LogP contribution is 2.38. The lowest BCUT2D eigenvalue weighted by Gasteiger charge is -2.14. The van der Waals surface area contributed by atoms with E-state index in [1.165, 1.54) is 21.3 Å². The van der Waals surface area contributed by atoms with Crippen LogP contribution in [0.1, 0.15) is 23.2 Å². The number of hydrogen-bond donors (Lipinski definition) is 2. The summed E-state index contributed by atoms with van der Waals surface area (Å²) in [5.74, 6) is 0.711. The Balaban J connectivity index is 1.68. The first-order valence-electron chi connectivity index (χ1n) is 9.19. The van der Waals surface area contributed by atoms with Crippen LogP contribution >= 0.6 is 0 Å². The average molecular weight is 400 g/mol. The van der Waals surface area contributed by atoms with Crippen molar-refractivity contribution in [3.63, 3.8) is 0 Å². The molecule has 0 aromatic heterocycles. The highest BCUT2D eigenvalue weighted by Gasteiger charge is 2.23. The van der Waals surface area contributed by atoms with Crippen LogP contribution < -0.4 is 24.8 Å². The maximum Gasteiger partial charge on any atom is 0.255 e. The van der Waals surface area contributed by atoms with Crippen molar-refractivity contribution in [3.8, 4) is 17.2 Å². The van der Waals surface area contributed by atoms with E-state index in [9.17, 15) is 9.59 Å². The van der Waals surface area contributed by atoms with E-state index in [0.717, 1.165) is 12.8 Å². The summed E-state index contributed by atoms with van der Waals surface area (Å²) in [6.45, 7) is 0.615. The molecule has 1 fully saturated rings. The molecule has 1 aliphatic heterocycles. The Morgan fingerprint density at radius 2 is 1.52 bits per heavy atom. The van der Waals surface area contributed by atoms with E-state index >= 15 is 0 Å². The van der Waals surface area contributed by atoms with Gasteiger partial charge in [0.1, 0.15) is 6.10 Å². The van der Waals surface area contributed by atoms with Gasteiger partial charge in [-0.2, -0.15) is 0 Å². The van der Waals surface area contributed by atoms with Crippen LogP contribution in [0.5, 0.6) is 17.2 Å². The third-order valence-electron chi connectivity index (χ3n) is 4.56. The molecule has 0 radical (unpaired) electrons. The van der Waals surface area contributed by atoms with Gasteiger partial charge >= 0.3 is 0 Å². The highest BCUT2D eigenvalue weighted by atomic mass is 16.5. The van der Waals surface area contributed by atoms with Gasteiger partial charge in [-0.05, 0) is 49.2 Å². The molecule has 1 saturated heterocycles. The quantitative estimate of drug-likeness (QED) is 0.742. The van der Waals surface area contributed by atoms with Crippen LogP contribution in [0, 0.1) is 0 Å². The summed E-state index contributed by atoms with van der Waals surface area (Å²) in [4.78, 5) is 24.7. The standard InChI is InChI=1S/C21H24N2O6/c1-26-17-11-13(12-18(27-2)19(17)28-3)20(24)22-14-6-8-15(9-7-14)23-21(25)16-5-4-10-29-16/h6-9,11-12,16H,4-5,10H2,1-3H3,(H,22,24)(H,23,25). The second-order valence-corrected chi connectivity index (χ2v) is 6.44. The van der Waals surface area contributed by atoms with Gasteiger partial charge in [0.15, 0.2) is 11.5 Å². The van der Waals surface area contributed by atoms with E-state index < -0.39 is 6.10 Å². The maximum absolute atomic E-state index is 12.6. The zero-order chi connectivity index (χ0) is 20.8. The molecule has 3 rings (SSSR count). The van der Waals surface area contributed by atoms with Gasteiger partial charge < -0.3 is 29.6 Å². The topological polar surface area (TPSA) is 95.1 Å². The third kappa shape index (κ3) is 4.78. The van der Waals surface area contributed by atoms with Crippen LogP contribution in [0.15, 0.2) is 36.4 Å². The second kappa shape index (κ2) is 9.29. The van der Waals surface area contributed by atoms with E-state index in [-0.39, 0.29) is 11.8 Å². The number of methoxy groups -OCH3 is 3. The van der Waals surface area contributed by atoms with Gasteiger partial charge in [0.2, 0.25) is 5.75 Å². The first kappa shape index (κ1) is 20.5. The lowest BCUT2D eigenvalue weighted by Crippen LogP contribution is -2.26. The first-order valence-corrected chi connectivity index (χ1v) is 9.19. The summed E-state index contributed by atoms with van der Waals surface area (Å²) in [5, 5.41) is 5.62. The number of nitrogens with one attached hydrogen (secondary N) is 2. The summed E-state index contributed by atoms with van der Waals surface area (Å²) in [5.41, 5.74) is 1.57. The second-order valence-electron chi connectivity index (χ2n) is 6.44. The molecule has 2 amide bonds. The maximum atomic E-state index is 12.6. The normalized spacial score (nSPS) is 15.5. The van der Waals surface area contributed by atoms with Crippen molar-refractivity contribution in [2.24, 2.45) is 0 Å². The van der Waals surface area contributed by atoms with Crippen LogP contribution in [0.2, 0.25) is 0 Å². The van der Waals surface area contributed by atoms with E-state index in [4.69, 9.17) is 18.9 Å². The van der Waals surface area contributed by atoms with E-state index in [1.54, 1.807) is 36.4 Å². The molecule has 0 saturated carbocycles. The van der Waals surface area contributed by atoms with Gasteiger partial charge in [-0.1, -0.05) is 0 Å². The monoisotopic (exact) mass is 400 g/mol. The molecule has 0 bridgehead atoms. The smallest absolute Gasteiger partial charge is 0.255 e. The Labute approximate surface area is 169 Å². The van der Waals surface area contributed by atoms with E-state index in [2.05, 4.69) is 10.6 Å². The van der Waals surface area contributed by atoms with Crippen molar-refractivity contribution in [2.45, 2.75) is 18.9 Å². The Kier molecular flexibility index (Phi) is 6.56. The zero-order valence-corrected chi connectivity index (χ0v) is 16.6. The largest absolute Gasteiger partial charge is 0.493 e. The molecular weight excluding hydrogens is 376 g/mol. The van der Waals surface area contributed by atoms with Crippen LogP contribution in [-0.2, 0) is 9.53 Å². The molecule has 1 aliphatic rings. The Morgan fingerprint density at radius 1 is 0.931 bits per heavy atom. The molecule has 1 unspecified atom stereocenters. The summed E-state index contributed by atoms with van der Waals surface area (Å²) < 4.78 is 21.2. The third-order valence-corrected chi connectivity index (χ3v) is 4.56. The van der Waals surface area contributed by atoms with Gasteiger partial charge in [-0.3, -0.25) is 9.59 Å². The number of rotatable bonds is 7. The molecule has 8 nitrogen and oxygen atoms in total. The summed E-state index contributed by atoms with van der Waals surface area (Å²) in [6, 6.07) is 10.0. The van der Waals surface area contributed by atoms with Crippen LogP contribution in [0.4, 0.5) is 11.4 Å². The minimum absolute atomic E-state index is 0.156. The average Bonchev–Trinajstić information content (AvgIpc) is 3.29. The highest BCUT2D eigenvalue weighted by molar-refractivity contribution is 6.05. The lowest BCUT2D eigenvalue weighted by atomic mass is 10.1. The number of carbonyl (C=O) groups excluding carboxylic acids is 2. The SMILES string of the molecule is COc1cc(C(=O)Nc2ccc(NC(=O)C3CCCO3)cc2)cc(OC)c1OC. The fourth-order valence-electron chi connectivity index (χ4n) is 3.06. The van der Waals surface area contributed by atoms with Gasteiger partial charge in [0.05, 0.1) is 21.3 Å². The van der Waals surface area contributed by atoms with Gasteiger partial charge in [-0.15, -0.1) is 0 Å². The van der Waals surface area contributed by atoms with Crippen molar-refractivity contribution >= 4 is 23.2 Å². The molecule has 0 spiro atoms. The molecule has 2 aromatic carbocycles. The zero-order valence-electron chi connectivity index (χ0n) is 16.6. The summed E-state index contributed by atoms with van der Waals surface area (Å²) in [6.07, 6.45) is 1.23. The lowest BCUT2D eigenvalue weighted by molar-refractivity contribution is -0.124. The fourth-order valence-corrected chi connectivity index (χ4v) is 3.06. The Morgan fingerprint density at radius 3 is 2.00 bits per heavy atom. The summed E-state index contributed by atoms with van der Waals surface area (Å²) >= 11 is 0. The van der Waals surface area contributed by atoms with Crippen LogP contribution in [0.3, 0.4) is 0 Å². The van der Waals surface area contributed by atoms with Crippen molar-refractivity contribution < 1.29 is 28.5 Å². The van der Waals surface area contributed by atoms with Gasteiger partial charge in [0, 0.05) is 23.5 Å². The van der Waals surface area contributed by atoms with Crippen molar-refractivity contribution in [2.75, 3.05) is 38.6 Å². The fraction of sp³-hybridized carbons (Fsp3) is 0.333. The number of hydrogen-bond acceptors (Lipinski definition) is 6. The minimum Gasteiger partial charge on any atom is -0.493 e. The molecule has 2 N–H and O–H groups in total. The molecular formula is C21H24N2O6. The molecule has 0 aliphatic carbocycles. The van der Waals surface area contributed by atoms with Crippen LogP contribution in [0.25, 0.3) is 0 Å². The van der Waals surface area contributed by atoms with Gasteiger partial charge in [0.25, 0.3) is 11.8 Å². The number of amides is 2. The molecule has 8 heteroatoms. The predicted octanol–water partition coefficient (Wildman–Crippen LogP) is 3.08. The number of carbonyl (C=O) groups is 2. The van der Waals surface area contributed by atoms with Crippen LogP contribution in [-0.4, -0.2) is 45.9 Å². The van der Waals surface area contributed by atoms with E-state index in [1.807, 2.05) is 0 Å². The summed E-state index contributed by atoms with van der Waals surface area (Å²) in [7, 11) is 4.48. The molecule has 1 heterocycles. The Bertz CT molecular complexity index is 850. The number of ether oxygens (including phenoxy) is 4. The van der Waals surface area contributed by atoms with E-state index in [0.29, 0.717) is 40.8 Å². The van der Waals surface area contributed by atoms with Gasteiger partial charge in [-0.25, -0.2) is 0 Å².